The van der Waals surface area contributed by atoms with E-state index >= 15 is 0 Å². The molecule has 2 rings (SSSR count). The highest BCUT2D eigenvalue weighted by Gasteiger charge is 2.04. The van der Waals surface area contributed by atoms with Crippen LogP contribution < -0.4 is 4.74 Å². The number of carbonyl (C=O) groups is 1. The highest BCUT2D eigenvalue weighted by atomic mass is 16.5. The lowest BCUT2D eigenvalue weighted by Crippen LogP contribution is -2.03. The standard InChI is InChI=1S/C10H9N3O2/c1-8(14)15-10-7-11-13(12-10)9-5-3-2-4-6-9/h2-7H,1H3. The number of esters is 1. The van der Waals surface area contributed by atoms with Crippen LogP contribution in [0.2, 0.25) is 0 Å². The van der Waals surface area contributed by atoms with Crippen LogP contribution in [0.25, 0.3) is 5.69 Å². The van der Waals surface area contributed by atoms with Crippen molar-refractivity contribution in [2.75, 3.05) is 0 Å². The first-order valence-electron chi connectivity index (χ1n) is 4.42. The van der Waals surface area contributed by atoms with Gasteiger partial charge in [-0.15, -0.1) is 9.90 Å². The van der Waals surface area contributed by atoms with Crippen molar-refractivity contribution in [2.24, 2.45) is 0 Å². The highest BCUT2D eigenvalue weighted by molar-refractivity contribution is 5.68. The predicted molar refractivity (Wildman–Crippen MR) is 52.7 cm³/mol. The number of hydrogen-bond donors (Lipinski definition) is 0. The molecule has 1 heterocycles. The van der Waals surface area contributed by atoms with Gasteiger partial charge in [0.25, 0.3) is 5.88 Å². The first-order valence-corrected chi connectivity index (χ1v) is 4.42. The lowest BCUT2D eigenvalue weighted by atomic mass is 10.3. The fourth-order valence-electron chi connectivity index (χ4n) is 1.13. The van der Waals surface area contributed by atoms with E-state index in [-0.39, 0.29) is 5.88 Å². The molecule has 0 saturated heterocycles. The highest BCUT2D eigenvalue weighted by Crippen LogP contribution is 2.08. The Morgan fingerprint density at radius 2 is 2.07 bits per heavy atom. The van der Waals surface area contributed by atoms with Gasteiger partial charge in [-0.3, -0.25) is 4.79 Å². The summed E-state index contributed by atoms with van der Waals surface area (Å²) in [6.07, 6.45) is 1.40. The van der Waals surface area contributed by atoms with Crippen LogP contribution in [0.1, 0.15) is 6.92 Å². The molecule has 76 valence electrons. The zero-order valence-corrected chi connectivity index (χ0v) is 8.12. The van der Waals surface area contributed by atoms with Crippen molar-refractivity contribution in [3.05, 3.63) is 36.5 Å². The van der Waals surface area contributed by atoms with Crippen molar-refractivity contribution in [2.45, 2.75) is 6.92 Å². The van der Waals surface area contributed by atoms with E-state index in [1.165, 1.54) is 17.9 Å². The molecule has 0 fully saturated rings. The quantitative estimate of drug-likeness (QED) is 0.688. The summed E-state index contributed by atoms with van der Waals surface area (Å²) in [6, 6.07) is 9.38. The van der Waals surface area contributed by atoms with Gasteiger partial charge in [-0.25, -0.2) is 0 Å². The molecule has 0 atom stereocenters. The van der Waals surface area contributed by atoms with Crippen LogP contribution in [0.4, 0.5) is 0 Å². The molecule has 0 saturated carbocycles. The lowest BCUT2D eigenvalue weighted by Gasteiger charge is -1.97. The number of hydrogen-bond acceptors (Lipinski definition) is 4. The number of nitrogens with zero attached hydrogens (tertiary/aromatic N) is 3. The molecular formula is C10H9N3O2. The number of rotatable bonds is 2. The van der Waals surface area contributed by atoms with Crippen molar-refractivity contribution in [1.82, 2.24) is 15.0 Å². The van der Waals surface area contributed by atoms with E-state index in [2.05, 4.69) is 10.2 Å². The molecule has 0 spiro atoms. The van der Waals surface area contributed by atoms with E-state index in [1.807, 2.05) is 30.3 Å². The Hall–Kier alpha value is -2.17. The molecule has 5 nitrogen and oxygen atoms in total. The molecule has 0 bridgehead atoms. The Kier molecular flexibility index (Phi) is 2.45. The Bertz CT molecular complexity index is 465. The minimum Gasteiger partial charge on any atom is -0.404 e. The van der Waals surface area contributed by atoms with Crippen molar-refractivity contribution in [1.29, 1.82) is 0 Å². The van der Waals surface area contributed by atoms with Crippen LogP contribution in [0.15, 0.2) is 36.5 Å². The van der Waals surface area contributed by atoms with Crippen LogP contribution in [-0.4, -0.2) is 21.0 Å². The fourth-order valence-corrected chi connectivity index (χ4v) is 1.13. The van der Waals surface area contributed by atoms with Crippen LogP contribution in [0.5, 0.6) is 5.88 Å². The van der Waals surface area contributed by atoms with E-state index < -0.39 is 5.97 Å². The minimum absolute atomic E-state index is 0.200. The fraction of sp³-hybridized carbons (Fsp3) is 0.100. The number of carbonyl (C=O) groups excluding carboxylic acids is 1. The van der Waals surface area contributed by atoms with Crippen LogP contribution in [0, 0.1) is 0 Å². The maximum atomic E-state index is 10.7. The second kappa shape index (κ2) is 3.91. The molecule has 0 aliphatic heterocycles. The number of ether oxygens (including phenoxy) is 1. The first-order chi connectivity index (χ1) is 7.25. The summed E-state index contributed by atoms with van der Waals surface area (Å²) in [5.74, 6) is -0.207. The van der Waals surface area contributed by atoms with Crippen molar-refractivity contribution in [3.8, 4) is 11.6 Å². The van der Waals surface area contributed by atoms with Crippen molar-refractivity contribution >= 4 is 5.97 Å². The van der Waals surface area contributed by atoms with E-state index in [0.29, 0.717) is 0 Å². The van der Waals surface area contributed by atoms with E-state index in [4.69, 9.17) is 4.74 Å². The van der Waals surface area contributed by atoms with Gasteiger partial charge < -0.3 is 4.74 Å². The molecule has 0 aliphatic rings. The molecule has 1 aromatic heterocycles. The average Bonchev–Trinajstić information content (AvgIpc) is 2.67. The maximum Gasteiger partial charge on any atom is 0.309 e. The Morgan fingerprint density at radius 1 is 1.33 bits per heavy atom. The molecule has 2 aromatic rings. The van der Waals surface area contributed by atoms with Gasteiger partial charge in [-0.05, 0) is 12.1 Å². The molecule has 5 heteroatoms. The van der Waals surface area contributed by atoms with Gasteiger partial charge in [0.05, 0.1) is 5.69 Å². The summed E-state index contributed by atoms with van der Waals surface area (Å²) in [5.41, 5.74) is 0.816. The molecular weight excluding hydrogens is 194 g/mol. The smallest absolute Gasteiger partial charge is 0.309 e. The van der Waals surface area contributed by atoms with Gasteiger partial charge in [0.1, 0.15) is 6.20 Å². The Balaban J connectivity index is 2.24. The van der Waals surface area contributed by atoms with Gasteiger partial charge in [-0.1, -0.05) is 18.2 Å². The molecule has 0 unspecified atom stereocenters. The second-order valence-corrected chi connectivity index (χ2v) is 2.90. The van der Waals surface area contributed by atoms with Gasteiger partial charge in [0.15, 0.2) is 0 Å². The molecule has 0 aliphatic carbocycles. The summed E-state index contributed by atoms with van der Waals surface area (Å²) in [5, 5.41) is 7.95. The molecule has 0 radical (unpaired) electrons. The van der Waals surface area contributed by atoms with Crippen LogP contribution in [-0.2, 0) is 4.79 Å². The summed E-state index contributed by atoms with van der Waals surface area (Å²) in [6.45, 7) is 1.32. The summed E-state index contributed by atoms with van der Waals surface area (Å²) in [7, 11) is 0. The van der Waals surface area contributed by atoms with Crippen molar-refractivity contribution in [3.63, 3.8) is 0 Å². The summed E-state index contributed by atoms with van der Waals surface area (Å²) < 4.78 is 4.78. The largest absolute Gasteiger partial charge is 0.404 e. The normalized spacial score (nSPS) is 9.93. The van der Waals surface area contributed by atoms with Crippen LogP contribution in [0.3, 0.4) is 0 Å². The molecule has 0 amide bonds. The summed E-state index contributed by atoms with van der Waals surface area (Å²) >= 11 is 0. The predicted octanol–water partition coefficient (Wildman–Crippen LogP) is 1.19. The molecule has 0 N–H and O–H groups in total. The molecule has 1 aromatic carbocycles. The number of para-hydroxylation sites is 1. The third-order valence-electron chi connectivity index (χ3n) is 1.71. The third-order valence-corrected chi connectivity index (χ3v) is 1.71. The lowest BCUT2D eigenvalue weighted by molar-refractivity contribution is -0.132. The average molecular weight is 203 g/mol. The summed E-state index contributed by atoms with van der Waals surface area (Å²) in [4.78, 5) is 12.1. The van der Waals surface area contributed by atoms with Gasteiger partial charge >= 0.3 is 5.97 Å². The van der Waals surface area contributed by atoms with Gasteiger partial charge in [-0.2, -0.15) is 5.10 Å². The maximum absolute atomic E-state index is 10.7. The zero-order chi connectivity index (χ0) is 10.7. The topological polar surface area (TPSA) is 57.0 Å². The van der Waals surface area contributed by atoms with Gasteiger partial charge in [0.2, 0.25) is 0 Å². The minimum atomic E-state index is -0.407. The SMILES string of the molecule is CC(=O)Oc1cnn(-c2ccccc2)n1. The molecule has 15 heavy (non-hydrogen) atoms. The first kappa shape index (κ1) is 9.39. The van der Waals surface area contributed by atoms with Crippen molar-refractivity contribution < 1.29 is 9.53 Å². The van der Waals surface area contributed by atoms with Gasteiger partial charge in [0, 0.05) is 6.92 Å². The second-order valence-electron chi connectivity index (χ2n) is 2.90. The number of aromatic nitrogens is 3. The van der Waals surface area contributed by atoms with E-state index in [9.17, 15) is 4.79 Å². The monoisotopic (exact) mass is 203 g/mol. The Labute approximate surface area is 86.3 Å². The van der Waals surface area contributed by atoms with Crippen LogP contribution >= 0.6 is 0 Å². The zero-order valence-electron chi connectivity index (χ0n) is 8.12. The number of benzene rings is 1. The third kappa shape index (κ3) is 2.19. The van der Waals surface area contributed by atoms with E-state index in [1.54, 1.807) is 0 Å². The van der Waals surface area contributed by atoms with E-state index in [0.717, 1.165) is 5.69 Å². The Morgan fingerprint density at radius 3 is 2.73 bits per heavy atom.